The molecule has 0 unspecified atom stereocenters. The van der Waals surface area contributed by atoms with Gasteiger partial charge in [-0.3, -0.25) is 0 Å². The van der Waals surface area contributed by atoms with Crippen LogP contribution in [0, 0.1) is 0 Å². The van der Waals surface area contributed by atoms with Gasteiger partial charge in [-0.1, -0.05) is 0 Å². The smallest absolute Gasteiger partial charge is 0.0464 e. The third-order valence-electron chi connectivity index (χ3n) is 5.37. The van der Waals surface area contributed by atoms with Crippen LogP contribution < -0.4 is 16.0 Å². The zero-order valence-electron chi connectivity index (χ0n) is 13.9. The SMILES string of the molecule is C1=C2/CC/C(=C/[C@@H]3CC/C(=C/[C@@H]4CC/C(=C/c5ccc/1[nH]5)N4)N3)N2. The van der Waals surface area contributed by atoms with Gasteiger partial charge in [0.05, 0.1) is 0 Å². The van der Waals surface area contributed by atoms with Crippen molar-refractivity contribution in [2.45, 2.75) is 50.6 Å². The van der Waals surface area contributed by atoms with E-state index < -0.39 is 0 Å². The van der Waals surface area contributed by atoms with Gasteiger partial charge in [0, 0.05) is 46.3 Å². The lowest BCUT2D eigenvalue weighted by Crippen LogP contribution is -2.23. The Morgan fingerprint density at radius 2 is 1.29 bits per heavy atom. The molecule has 4 aliphatic rings. The van der Waals surface area contributed by atoms with Gasteiger partial charge >= 0.3 is 0 Å². The molecule has 2 atom stereocenters. The van der Waals surface area contributed by atoms with Crippen LogP contribution in [-0.2, 0) is 0 Å². The largest absolute Gasteiger partial charge is 0.382 e. The molecule has 5 rings (SSSR count). The number of rotatable bonds is 0. The summed E-state index contributed by atoms with van der Waals surface area (Å²) in [7, 11) is 0. The van der Waals surface area contributed by atoms with E-state index in [0.717, 1.165) is 25.7 Å². The van der Waals surface area contributed by atoms with Gasteiger partial charge in [-0.05, 0) is 75.0 Å². The highest BCUT2D eigenvalue weighted by molar-refractivity contribution is 5.57. The Labute approximate surface area is 142 Å². The van der Waals surface area contributed by atoms with Crippen molar-refractivity contribution in [3.63, 3.8) is 0 Å². The van der Waals surface area contributed by atoms with Gasteiger partial charge in [0.25, 0.3) is 0 Å². The van der Waals surface area contributed by atoms with Crippen molar-refractivity contribution in [2.24, 2.45) is 0 Å². The molecule has 5 heterocycles. The number of H-pyrrole nitrogens is 1. The van der Waals surface area contributed by atoms with Crippen molar-refractivity contribution in [2.75, 3.05) is 0 Å². The van der Waals surface area contributed by atoms with E-state index in [1.54, 1.807) is 0 Å². The van der Waals surface area contributed by atoms with Crippen molar-refractivity contribution >= 4 is 12.2 Å². The van der Waals surface area contributed by atoms with E-state index in [9.17, 15) is 0 Å². The second-order valence-electron chi connectivity index (χ2n) is 7.30. The van der Waals surface area contributed by atoms with Crippen LogP contribution in [0.3, 0.4) is 0 Å². The van der Waals surface area contributed by atoms with Crippen LogP contribution in [0.4, 0.5) is 0 Å². The van der Waals surface area contributed by atoms with E-state index in [-0.39, 0.29) is 0 Å². The fourth-order valence-corrected chi connectivity index (χ4v) is 4.18. The minimum absolute atomic E-state index is 0.462. The standard InChI is InChI=1S/C20H24N4/c1-2-14-10-16-5-6-18(23-16)12-20-8-7-19(24-20)11-17-4-3-15(22-17)9-13(1)21-14/h1-2,9-12,17,20-24H,3-8H2/b15-9-,16-10-,18-12-,19-11-/t17-,20-/m0/s1. The van der Waals surface area contributed by atoms with E-state index in [1.165, 1.54) is 47.0 Å². The van der Waals surface area contributed by atoms with Gasteiger partial charge < -0.3 is 20.9 Å². The maximum absolute atomic E-state index is 3.70. The van der Waals surface area contributed by atoms with Crippen molar-refractivity contribution < 1.29 is 0 Å². The van der Waals surface area contributed by atoms with Gasteiger partial charge in [0.2, 0.25) is 0 Å². The van der Waals surface area contributed by atoms with Crippen LogP contribution in [0.25, 0.3) is 12.2 Å². The van der Waals surface area contributed by atoms with Gasteiger partial charge in [-0.2, -0.15) is 0 Å². The van der Waals surface area contributed by atoms with Crippen LogP contribution in [0.5, 0.6) is 0 Å². The Morgan fingerprint density at radius 3 is 2.12 bits per heavy atom. The summed E-state index contributed by atoms with van der Waals surface area (Å²) in [5.41, 5.74) is 7.76. The highest BCUT2D eigenvalue weighted by atomic mass is 15.0. The van der Waals surface area contributed by atoms with Crippen LogP contribution in [0.15, 0.2) is 47.1 Å². The Balaban J connectivity index is 1.51. The lowest BCUT2D eigenvalue weighted by molar-refractivity contribution is 0.717. The molecule has 3 saturated heterocycles. The Hall–Kier alpha value is -2.36. The summed E-state index contributed by atoms with van der Waals surface area (Å²) in [4.78, 5) is 3.51. The maximum Gasteiger partial charge on any atom is 0.0464 e. The average Bonchev–Trinajstić information content (AvgIpc) is 3.32. The highest BCUT2D eigenvalue weighted by Crippen LogP contribution is 2.27. The quantitative estimate of drug-likeness (QED) is 0.593. The topological polar surface area (TPSA) is 51.9 Å². The summed E-state index contributed by atoms with van der Waals surface area (Å²) in [6.07, 6.45) is 16.2. The molecule has 4 aliphatic heterocycles. The molecular weight excluding hydrogens is 296 g/mol. The van der Waals surface area contributed by atoms with E-state index in [1.807, 2.05) is 0 Å². The lowest BCUT2D eigenvalue weighted by atomic mass is 10.1. The van der Waals surface area contributed by atoms with Gasteiger partial charge in [-0.15, -0.1) is 0 Å². The molecule has 0 aromatic carbocycles. The second kappa shape index (κ2) is 5.62. The zero-order chi connectivity index (χ0) is 15.9. The number of hydrogen-bond acceptors (Lipinski definition) is 3. The summed E-state index contributed by atoms with van der Waals surface area (Å²) in [6, 6.07) is 5.27. The molecule has 0 spiro atoms. The normalized spacial score (nSPS) is 36.8. The molecule has 0 aliphatic carbocycles. The van der Waals surface area contributed by atoms with Gasteiger partial charge in [-0.25, -0.2) is 0 Å². The fraction of sp³-hybridized carbons (Fsp3) is 0.400. The average molecular weight is 320 g/mol. The molecule has 0 amide bonds. The number of aromatic nitrogens is 1. The molecular formula is C20H24N4. The Kier molecular flexibility index (Phi) is 3.28. The number of aromatic amines is 1. The molecule has 0 saturated carbocycles. The van der Waals surface area contributed by atoms with Crippen molar-refractivity contribution in [3.8, 4) is 0 Å². The molecule has 8 bridgehead atoms. The van der Waals surface area contributed by atoms with E-state index >= 15 is 0 Å². The third-order valence-corrected chi connectivity index (χ3v) is 5.37. The maximum atomic E-state index is 3.70. The predicted molar refractivity (Wildman–Crippen MR) is 97.6 cm³/mol. The Morgan fingerprint density at radius 1 is 0.667 bits per heavy atom. The minimum Gasteiger partial charge on any atom is -0.382 e. The molecule has 4 nitrogen and oxygen atoms in total. The number of fused-ring (bicyclic) bond motifs is 8. The van der Waals surface area contributed by atoms with Crippen LogP contribution in [-0.4, -0.2) is 17.1 Å². The number of hydrogen-bond donors (Lipinski definition) is 4. The number of nitrogens with one attached hydrogen (secondary N) is 4. The first-order chi connectivity index (χ1) is 11.8. The third kappa shape index (κ3) is 2.77. The van der Waals surface area contributed by atoms with Crippen molar-refractivity contribution in [1.29, 1.82) is 0 Å². The zero-order valence-corrected chi connectivity index (χ0v) is 13.9. The summed E-state index contributed by atoms with van der Waals surface area (Å²) >= 11 is 0. The summed E-state index contributed by atoms with van der Waals surface area (Å²) in [6.45, 7) is 0. The van der Waals surface area contributed by atoms with Crippen LogP contribution in [0.1, 0.15) is 49.9 Å². The van der Waals surface area contributed by atoms with Gasteiger partial charge in [0.1, 0.15) is 0 Å². The molecule has 3 fully saturated rings. The first-order valence-corrected chi connectivity index (χ1v) is 9.12. The first-order valence-electron chi connectivity index (χ1n) is 9.12. The van der Waals surface area contributed by atoms with Gasteiger partial charge in [0.15, 0.2) is 0 Å². The van der Waals surface area contributed by atoms with E-state index in [4.69, 9.17) is 0 Å². The number of allylic oxidation sites excluding steroid dienone is 4. The summed E-state index contributed by atoms with van der Waals surface area (Å²) in [5, 5.41) is 11.0. The fourth-order valence-electron chi connectivity index (χ4n) is 4.18. The molecule has 4 N–H and O–H groups in total. The molecule has 4 heteroatoms. The monoisotopic (exact) mass is 320 g/mol. The molecule has 0 radical (unpaired) electrons. The van der Waals surface area contributed by atoms with E-state index in [0.29, 0.717) is 12.1 Å². The Bertz CT molecular complexity index is 777. The molecule has 124 valence electrons. The lowest BCUT2D eigenvalue weighted by Gasteiger charge is -2.11. The summed E-state index contributed by atoms with van der Waals surface area (Å²) in [5.74, 6) is 0. The molecule has 1 aromatic heterocycles. The first kappa shape index (κ1) is 14.0. The molecule has 24 heavy (non-hydrogen) atoms. The highest BCUT2D eigenvalue weighted by Gasteiger charge is 2.22. The minimum atomic E-state index is 0.462. The second-order valence-corrected chi connectivity index (χ2v) is 7.30. The van der Waals surface area contributed by atoms with Crippen molar-refractivity contribution in [3.05, 3.63) is 58.5 Å². The van der Waals surface area contributed by atoms with E-state index in [2.05, 4.69) is 57.4 Å². The molecule has 1 aromatic rings. The predicted octanol–water partition coefficient (Wildman–Crippen LogP) is 3.37. The van der Waals surface area contributed by atoms with Crippen molar-refractivity contribution in [1.82, 2.24) is 20.9 Å². The van der Waals surface area contributed by atoms with Crippen LogP contribution in [0.2, 0.25) is 0 Å². The van der Waals surface area contributed by atoms with Crippen LogP contribution >= 0.6 is 0 Å². The summed E-state index contributed by atoms with van der Waals surface area (Å²) < 4.78 is 0.